The second-order valence-electron chi connectivity index (χ2n) is 11.2. The molecular weight excluding hydrogens is 412 g/mol. The maximum atomic E-state index is 12.1. The fourth-order valence-electron chi connectivity index (χ4n) is 3.09. The lowest BCUT2D eigenvalue weighted by molar-refractivity contribution is -0.154. The van der Waals surface area contributed by atoms with Crippen LogP contribution in [0.2, 0.25) is 18.1 Å². The van der Waals surface area contributed by atoms with Crippen molar-refractivity contribution >= 4 is 20.6 Å². The summed E-state index contributed by atoms with van der Waals surface area (Å²) >= 11 is 0. The molecule has 0 spiro atoms. The van der Waals surface area contributed by atoms with Crippen molar-refractivity contribution in [2.45, 2.75) is 105 Å². The van der Waals surface area contributed by atoms with Crippen LogP contribution in [0.5, 0.6) is 0 Å². The molecule has 0 N–H and O–H groups in total. The van der Waals surface area contributed by atoms with Gasteiger partial charge in [0.2, 0.25) is 0 Å². The minimum atomic E-state index is -2.07. The van der Waals surface area contributed by atoms with E-state index in [9.17, 15) is 9.59 Å². The van der Waals surface area contributed by atoms with E-state index in [0.29, 0.717) is 19.4 Å². The maximum Gasteiger partial charge on any atom is 0.311 e. The van der Waals surface area contributed by atoms with E-state index in [1.54, 1.807) is 14.2 Å². The van der Waals surface area contributed by atoms with Crippen LogP contribution in [-0.4, -0.2) is 59.7 Å². The minimum Gasteiger partial charge on any atom is -0.465 e. The van der Waals surface area contributed by atoms with Crippen LogP contribution in [0.1, 0.15) is 68.2 Å². The molecular formula is C24H48O6Si. The van der Waals surface area contributed by atoms with Crippen molar-refractivity contribution in [2.75, 3.05) is 20.8 Å². The number of carbonyl (C=O) groups excluding carboxylic acids is 2. The lowest BCUT2D eigenvalue weighted by Gasteiger charge is -2.43. The van der Waals surface area contributed by atoms with Gasteiger partial charge in [-0.2, -0.15) is 0 Å². The van der Waals surface area contributed by atoms with Gasteiger partial charge in [0.1, 0.15) is 6.29 Å². The second kappa shape index (κ2) is 12.5. The molecule has 0 unspecified atom stereocenters. The van der Waals surface area contributed by atoms with Crippen LogP contribution in [0, 0.1) is 17.3 Å². The summed E-state index contributed by atoms with van der Waals surface area (Å²) in [6.45, 7) is 20.9. The molecule has 0 aliphatic carbocycles. The summed E-state index contributed by atoms with van der Waals surface area (Å²) in [5, 5.41) is 0.0502. The number of hydrogen-bond donors (Lipinski definition) is 0. The van der Waals surface area contributed by atoms with Gasteiger partial charge in [0.25, 0.3) is 0 Å². The Morgan fingerprint density at radius 2 is 1.45 bits per heavy atom. The van der Waals surface area contributed by atoms with Gasteiger partial charge >= 0.3 is 5.97 Å². The van der Waals surface area contributed by atoms with E-state index < -0.39 is 13.7 Å². The van der Waals surface area contributed by atoms with E-state index in [1.165, 1.54) is 0 Å². The predicted octanol–water partition coefficient (Wildman–Crippen LogP) is 5.25. The van der Waals surface area contributed by atoms with Gasteiger partial charge in [0, 0.05) is 32.5 Å². The minimum absolute atomic E-state index is 0.0314. The molecule has 184 valence electrons. The molecule has 0 rings (SSSR count). The fraction of sp³-hybridized carbons (Fsp3) is 0.917. The first-order valence-corrected chi connectivity index (χ1v) is 14.3. The Hall–Kier alpha value is -0.763. The first kappa shape index (κ1) is 30.2. The number of rotatable bonds is 13. The summed E-state index contributed by atoms with van der Waals surface area (Å²) in [6, 6.07) is 0. The van der Waals surface area contributed by atoms with Crippen molar-refractivity contribution in [2.24, 2.45) is 17.3 Å². The van der Waals surface area contributed by atoms with Gasteiger partial charge in [0.05, 0.1) is 30.3 Å². The Balaban J connectivity index is 5.54. The molecule has 0 aliphatic rings. The highest BCUT2D eigenvalue weighted by Crippen LogP contribution is 2.39. The van der Waals surface area contributed by atoms with E-state index in [2.05, 4.69) is 40.8 Å². The highest BCUT2D eigenvalue weighted by molar-refractivity contribution is 6.74. The predicted molar refractivity (Wildman–Crippen MR) is 128 cm³/mol. The molecule has 0 fully saturated rings. The van der Waals surface area contributed by atoms with E-state index >= 15 is 0 Å². The largest absolute Gasteiger partial charge is 0.465 e. The zero-order valence-electron chi connectivity index (χ0n) is 22.0. The smallest absolute Gasteiger partial charge is 0.311 e. The molecule has 0 aromatic carbocycles. The number of methoxy groups -OCH3 is 2. The quantitative estimate of drug-likeness (QED) is 0.212. The van der Waals surface area contributed by atoms with Crippen LogP contribution in [0.4, 0.5) is 0 Å². The van der Waals surface area contributed by atoms with Crippen LogP contribution in [0.3, 0.4) is 0 Å². The first-order valence-electron chi connectivity index (χ1n) is 11.4. The van der Waals surface area contributed by atoms with Crippen LogP contribution < -0.4 is 0 Å². The van der Waals surface area contributed by atoms with Gasteiger partial charge in [-0.25, -0.2) is 0 Å². The van der Waals surface area contributed by atoms with Crippen molar-refractivity contribution in [1.29, 1.82) is 0 Å². The van der Waals surface area contributed by atoms with Crippen LogP contribution in [0.15, 0.2) is 0 Å². The normalized spacial score (nSPS) is 18.1. The summed E-state index contributed by atoms with van der Waals surface area (Å²) in [7, 11) is 1.24. The molecule has 0 bridgehead atoms. The van der Waals surface area contributed by atoms with Gasteiger partial charge < -0.3 is 23.4 Å². The molecule has 0 saturated carbocycles. The van der Waals surface area contributed by atoms with E-state index in [1.807, 2.05) is 27.7 Å². The topological polar surface area (TPSA) is 71.1 Å². The van der Waals surface area contributed by atoms with Crippen LogP contribution in [0.25, 0.3) is 0 Å². The van der Waals surface area contributed by atoms with Crippen LogP contribution in [-0.2, 0) is 28.2 Å². The number of esters is 1. The third-order valence-electron chi connectivity index (χ3n) is 6.54. The van der Waals surface area contributed by atoms with E-state index in [4.69, 9.17) is 18.6 Å². The van der Waals surface area contributed by atoms with Gasteiger partial charge in [-0.1, -0.05) is 34.6 Å². The summed E-state index contributed by atoms with van der Waals surface area (Å²) in [4.78, 5) is 23.5. The summed E-state index contributed by atoms with van der Waals surface area (Å²) in [5.74, 6) is -0.413. The van der Waals surface area contributed by atoms with Gasteiger partial charge in [-0.3, -0.25) is 4.79 Å². The second-order valence-corrected chi connectivity index (χ2v) is 16.0. The molecule has 31 heavy (non-hydrogen) atoms. The zero-order chi connectivity index (χ0) is 24.6. The number of carbonyl (C=O) groups is 2. The Morgan fingerprint density at radius 1 is 0.935 bits per heavy atom. The third kappa shape index (κ3) is 9.72. The first-order chi connectivity index (χ1) is 14.0. The molecule has 0 aromatic heterocycles. The summed E-state index contributed by atoms with van der Waals surface area (Å²) < 4.78 is 23.7. The standard InChI is InChI=1S/C24H48O6Si/c1-17(16-25)20(28-10)15-21(30-31(11,12)24(6,7)8)18(2)19(27-9)13-14-29-22(26)23(3,4)5/h16-21H,13-15H2,1-12H3/t17-,18-,19+,20+,21+/m0/s1. The number of aldehydes is 1. The van der Waals surface area contributed by atoms with Crippen LogP contribution >= 0.6 is 0 Å². The maximum absolute atomic E-state index is 12.1. The Kier molecular flexibility index (Phi) is 12.2. The SMILES string of the molecule is CO[C@H](CCOC(=O)C(C)(C)C)[C@H](C)[C@@H](C[C@@H](OC)[C@@H](C)C=O)O[Si](C)(C)C(C)(C)C. The average molecular weight is 461 g/mol. The number of ether oxygens (including phenoxy) is 3. The lowest BCUT2D eigenvalue weighted by atomic mass is 9.89. The highest BCUT2D eigenvalue weighted by Gasteiger charge is 2.42. The van der Waals surface area contributed by atoms with Crippen molar-refractivity contribution in [3.63, 3.8) is 0 Å². The molecule has 0 heterocycles. The highest BCUT2D eigenvalue weighted by atomic mass is 28.4. The Morgan fingerprint density at radius 3 is 1.84 bits per heavy atom. The zero-order valence-corrected chi connectivity index (χ0v) is 23.0. The Labute approximate surface area is 191 Å². The lowest BCUT2D eigenvalue weighted by Crippen LogP contribution is -2.49. The summed E-state index contributed by atoms with van der Waals surface area (Å²) in [5.41, 5.74) is -0.529. The molecule has 7 heteroatoms. The molecule has 0 aromatic rings. The van der Waals surface area contributed by atoms with Crippen molar-refractivity contribution < 1.29 is 28.2 Å². The fourth-order valence-corrected chi connectivity index (χ4v) is 4.51. The van der Waals surface area contributed by atoms with E-state index in [0.717, 1.165) is 6.29 Å². The average Bonchev–Trinajstić information content (AvgIpc) is 2.65. The molecule has 0 aliphatic heterocycles. The summed E-state index contributed by atoms with van der Waals surface area (Å²) in [6.07, 6.45) is 1.60. The molecule has 0 radical (unpaired) electrons. The van der Waals surface area contributed by atoms with Crippen molar-refractivity contribution in [3.05, 3.63) is 0 Å². The monoisotopic (exact) mass is 460 g/mol. The Bertz CT molecular complexity index is 549. The van der Waals surface area contributed by atoms with Crippen molar-refractivity contribution in [1.82, 2.24) is 0 Å². The van der Waals surface area contributed by atoms with Gasteiger partial charge in [-0.05, 0) is 45.3 Å². The molecule has 6 nitrogen and oxygen atoms in total. The molecule has 5 atom stereocenters. The molecule has 0 saturated heterocycles. The van der Waals surface area contributed by atoms with Gasteiger partial charge in [0.15, 0.2) is 8.32 Å². The third-order valence-corrected chi connectivity index (χ3v) is 11.0. The number of hydrogen-bond acceptors (Lipinski definition) is 6. The van der Waals surface area contributed by atoms with Crippen molar-refractivity contribution in [3.8, 4) is 0 Å². The molecule has 0 amide bonds. The van der Waals surface area contributed by atoms with E-state index in [-0.39, 0.29) is 41.2 Å². The van der Waals surface area contributed by atoms with Gasteiger partial charge in [-0.15, -0.1) is 0 Å².